The first-order valence-corrected chi connectivity index (χ1v) is 5.30. The van der Waals surface area contributed by atoms with Crippen molar-refractivity contribution in [2.24, 2.45) is 0 Å². The number of fused-ring (bicyclic) bond motifs is 1. The van der Waals surface area contributed by atoms with Crippen molar-refractivity contribution in [3.05, 3.63) is 28.6 Å². The van der Waals surface area contributed by atoms with E-state index in [0.29, 0.717) is 21.5 Å². The molecule has 0 aliphatic rings. The number of anilines is 1. The van der Waals surface area contributed by atoms with Crippen LogP contribution in [-0.4, -0.2) is 13.1 Å². The summed E-state index contributed by atoms with van der Waals surface area (Å²) in [6, 6.07) is 7.31. The zero-order chi connectivity index (χ0) is 11.7. The van der Waals surface area contributed by atoms with Crippen LogP contribution in [-0.2, 0) is 4.74 Å². The van der Waals surface area contributed by atoms with Gasteiger partial charge >= 0.3 is 5.97 Å². The zero-order valence-electron chi connectivity index (χ0n) is 8.48. The Morgan fingerprint density at radius 3 is 2.94 bits per heavy atom. The number of rotatable bonds is 1. The molecule has 1 aromatic heterocycles. The minimum atomic E-state index is -0.470. The van der Waals surface area contributed by atoms with Gasteiger partial charge in [-0.3, -0.25) is 0 Å². The third-order valence-corrected chi connectivity index (χ3v) is 3.39. The fraction of sp³-hybridized carbons (Fsp3) is 0.0909. The highest BCUT2D eigenvalue weighted by atomic mass is 32.1. The third kappa shape index (κ3) is 1.40. The highest BCUT2D eigenvalue weighted by Crippen LogP contribution is 2.35. The number of esters is 1. The molecule has 0 aliphatic heterocycles. The van der Waals surface area contributed by atoms with E-state index >= 15 is 0 Å². The zero-order valence-corrected chi connectivity index (χ0v) is 9.30. The number of nitrogen functional groups attached to an aromatic ring is 1. The molecule has 0 spiro atoms. The maximum Gasteiger partial charge on any atom is 0.350 e. The first kappa shape index (κ1) is 10.5. The SMILES string of the molecule is COC(=O)c1sc2cccc(C#N)c2c1N. The molecule has 2 N–H and O–H groups in total. The summed E-state index contributed by atoms with van der Waals surface area (Å²) in [5.74, 6) is -0.470. The number of nitrogens with two attached hydrogens (primary N) is 1. The summed E-state index contributed by atoms with van der Waals surface area (Å²) in [7, 11) is 1.30. The molecule has 0 fully saturated rings. The van der Waals surface area contributed by atoms with E-state index in [1.54, 1.807) is 12.1 Å². The molecule has 0 saturated carbocycles. The van der Waals surface area contributed by atoms with Gasteiger partial charge in [0.05, 0.1) is 24.4 Å². The van der Waals surface area contributed by atoms with Crippen LogP contribution in [0.25, 0.3) is 10.1 Å². The van der Waals surface area contributed by atoms with Crippen LogP contribution in [0.1, 0.15) is 15.2 Å². The number of carbonyl (C=O) groups excluding carboxylic acids is 1. The Morgan fingerprint density at radius 1 is 1.56 bits per heavy atom. The number of ether oxygens (including phenoxy) is 1. The molecule has 0 aliphatic carbocycles. The smallest absolute Gasteiger partial charge is 0.350 e. The second-order valence-electron chi connectivity index (χ2n) is 3.13. The Morgan fingerprint density at radius 2 is 2.31 bits per heavy atom. The van der Waals surface area contributed by atoms with Crippen molar-refractivity contribution in [1.82, 2.24) is 0 Å². The number of hydrogen-bond donors (Lipinski definition) is 1. The van der Waals surface area contributed by atoms with Crippen LogP contribution in [0.2, 0.25) is 0 Å². The molecule has 80 valence electrons. The first-order valence-electron chi connectivity index (χ1n) is 4.48. The quantitative estimate of drug-likeness (QED) is 0.764. The summed E-state index contributed by atoms with van der Waals surface area (Å²) in [6.45, 7) is 0. The van der Waals surface area contributed by atoms with E-state index in [1.807, 2.05) is 6.07 Å². The van der Waals surface area contributed by atoms with Crippen LogP contribution < -0.4 is 5.73 Å². The van der Waals surface area contributed by atoms with E-state index in [1.165, 1.54) is 18.4 Å². The summed E-state index contributed by atoms with van der Waals surface area (Å²) >= 11 is 1.24. The van der Waals surface area contributed by atoms with Crippen molar-refractivity contribution in [2.45, 2.75) is 0 Å². The van der Waals surface area contributed by atoms with Gasteiger partial charge in [0.2, 0.25) is 0 Å². The Hall–Kier alpha value is -2.06. The lowest BCUT2D eigenvalue weighted by molar-refractivity contribution is 0.0607. The van der Waals surface area contributed by atoms with Gasteiger partial charge < -0.3 is 10.5 Å². The molecule has 0 saturated heterocycles. The van der Waals surface area contributed by atoms with E-state index < -0.39 is 5.97 Å². The van der Waals surface area contributed by atoms with Crippen LogP contribution in [0.15, 0.2) is 18.2 Å². The molecular weight excluding hydrogens is 224 g/mol. The average Bonchev–Trinajstić information content (AvgIpc) is 2.66. The molecular formula is C11H8N2O2S. The van der Waals surface area contributed by atoms with Gasteiger partial charge in [0.1, 0.15) is 4.88 Å². The molecule has 2 rings (SSSR count). The fourth-order valence-electron chi connectivity index (χ4n) is 1.51. The maximum absolute atomic E-state index is 11.4. The average molecular weight is 232 g/mol. The lowest BCUT2D eigenvalue weighted by Gasteiger charge is -1.97. The summed E-state index contributed by atoms with van der Waals surface area (Å²) in [5, 5.41) is 9.58. The van der Waals surface area contributed by atoms with Gasteiger partial charge in [0.25, 0.3) is 0 Å². The van der Waals surface area contributed by atoms with Gasteiger partial charge in [0, 0.05) is 10.1 Å². The monoisotopic (exact) mass is 232 g/mol. The van der Waals surface area contributed by atoms with Gasteiger partial charge in [-0.2, -0.15) is 5.26 Å². The number of hydrogen-bond acceptors (Lipinski definition) is 5. The summed E-state index contributed by atoms with van der Waals surface area (Å²) in [4.78, 5) is 11.8. The molecule has 0 unspecified atom stereocenters. The van der Waals surface area contributed by atoms with E-state index in [2.05, 4.69) is 10.8 Å². The van der Waals surface area contributed by atoms with Gasteiger partial charge in [-0.1, -0.05) is 6.07 Å². The summed E-state index contributed by atoms with van der Waals surface area (Å²) < 4.78 is 5.45. The van der Waals surface area contributed by atoms with Crippen molar-refractivity contribution in [3.63, 3.8) is 0 Å². The second-order valence-corrected chi connectivity index (χ2v) is 4.18. The van der Waals surface area contributed by atoms with Crippen LogP contribution in [0.3, 0.4) is 0 Å². The Balaban J connectivity index is 2.79. The van der Waals surface area contributed by atoms with Crippen molar-refractivity contribution >= 4 is 33.1 Å². The predicted octanol–water partition coefficient (Wildman–Crippen LogP) is 2.14. The molecule has 5 heteroatoms. The van der Waals surface area contributed by atoms with Crippen molar-refractivity contribution in [1.29, 1.82) is 5.26 Å². The Bertz CT molecular complexity index is 610. The van der Waals surface area contributed by atoms with Gasteiger partial charge in [-0.05, 0) is 12.1 Å². The molecule has 4 nitrogen and oxygen atoms in total. The Labute approximate surface area is 95.9 Å². The Kier molecular flexibility index (Phi) is 2.50. The summed E-state index contributed by atoms with van der Waals surface area (Å²) in [5.41, 5.74) is 6.65. The minimum absolute atomic E-state index is 0.323. The number of carbonyl (C=O) groups is 1. The van der Waals surface area contributed by atoms with Crippen LogP contribution in [0, 0.1) is 11.3 Å². The largest absolute Gasteiger partial charge is 0.465 e. The van der Waals surface area contributed by atoms with Crippen LogP contribution >= 0.6 is 11.3 Å². The number of nitriles is 1. The highest BCUT2D eigenvalue weighted by molar-refractivity contribution is 7.21. The van der Waals surface area contributed by atoms with E-state index in [-0.39, 0.29) is 0 Å². The van der Waals surface area contributed by atoms with E-state index in [9.17, 15) is 4.79 Å². The number of thiophene rings is 1. The first-order chi connectivity index (χ1) is 7.69. The topological polar surface area (TPSA) is 76.1 Å². The number of benzene rings is 1. The third-order valence-electron chi connectivity index (χ3n) is 2.24. The molecule has 1 heterocycles. The molecule has 2 aromatic rings. The lowest BCUT2D eigenvalue weighted by Crippen LogP contribution is -2.01. The predicted molar refractivity (Wildman–Crippen MR) is 62.3 cm³/mol. The molecule has 0 radical (unpaired) electrons. The number of nitrogens with zero attached hydrogens (tertiary/aromatic N) is 1. The van der Waals surface area contributed by atoms with Crippen LogP contribution in [0.4, 0.5) is 5.69 Å². The van der Waals surface area contributed by atoms with E-state index in [4.69, 9.17) is 11.0 Å². The van der Waals surface area contributed by atoms with Crippen molar-refractivity contribution in [3.8, 4) is 6.07 Å². The maximum atomic E-state index is 11.4. The van der Waals surface area contributed by atoms with Gasteiger partial charge in [0.15, 0.2) is 0 Å². The molecule has 0 amide bonds. The summed E-state index contributed by atoms with van der Waals surface area (Å²) in [6.07, 6.45) is 0. The van der Waals surface area contributed by atoms with Crippen LogP contribution in [0.5, 0.6) is 0 Å². The molecule has 0 bridgehead atoms. The molecule has 16 heavy (non-hydrogen) atoms. The standard InChI is InChI=1S/C11H8N2O2S/c1-15-11(14)10-9(13)8-6(5-12)3-2-4-7(8)16-10/h2-4H,13H2,1H3. The van der Waals surface area contributed by atoms with Gasteiger partial charge in [-0.25, -0.2) is 4.79 Å². The number of methoxy groups -OCH3 is 1. The van der Waals surface area contributed by atoms with E-state index in [0.717, 1.165) is 4.70 Å². The second kappa shape index (κ2) is 3.83. The van der Waals surface area contributed by atoms with Crippen molar-refractivity contribution in [2.75, 3.05) is 12.8 Å². The minimum Gasteiger partial charge on any atom is -0.465 e. The normalized spacial score (nSPS) is 10.0. The highest BCUT2D eigenvalue weighted by Gasteiger charge is 2.18. The molecule has 1 aromatic carbocycles. The fourth-order valence-corrected chi connectivity index (χ4v) is 2.58. The molecule has 0 atom stereocenters. The van der Waals surface area contributed by atoms with Gasteiger partial charge in [-0.15, -0.1) is 11.3 Å². The van der Waals surface area contributed by atoms with Crippen molar-refractivity contribution < 1.29 is 9.53 Å². The lowest BCUT2D eigenvalue weighted by atomic mass is 10.1.